The van der Waals surface area contributed by atoms with Gasteiger partial charge >= 0.3 is 0 Å². The highest BCUT2D eigenvalue weighted by atomic mass is 35.5. The van der Waals surface area contributed by atoms with Crippen LogP contribution >= 0.6 is 11.6 Å². The Balaban J connectivity index is 2.86. The molecule has 0 fully saturated rings. The fourth-order valence-corrected chi connectivity index (χ4v) is 1.84. The molecule has 0 spiro atoms. The van der Waals surface area contributed by atoms with Gasteiger partial charge in [0.15, 0.2) is 0 Å². The number of hydrogen-bond donors (Lipinski definition) is 1. The van der Waals surface area contributed by atoms with Gasteiger partial charge in [-0.1, -0.05) is 31.9 Å². The van der Waals surface area contributed by atoms with Gasteiger partial charge in [-0.25, -0.2) is 0 Å². The normalized spacial score (nSPS) is 12.2. The van der Waals surface area contributed by atoms with Crippen LogP contribution in [0.4, 0.5) is 5.69 Å². The molecule has 0 aliphatic heterocycles. The third-order valence-corrected chi connectivity index (χ3v) is 3.49. The standard InChI is InChI=1S/C14H21ClN2O/c1-4-10(3)9-17(5-2)14(18)11-6-7-12(15)13(16)8-11/h6-8,10H,4-5,9,16H2,1-3H3. The lowest BCUT2D eigenvalue weighted by Gasteiger charge is -2.24. The summed E-state index contributed by atoms with van der Waals surface area (Å²) in [6, 6.07) is 5.03. The van der Waals surface area contributed by atoms with Crippen molar-refractivity contribution >= 4 is 23.2 Å². The Labute approximate surface area is 114 Å². The van der Waals surface area contributed by atoms with E-state index >= 15 is 0 Å². The highest BCUT2D eigenvalue weighted by Crippen LogP contribution is 2.20. The molecule has 18 heavy (non-hydrogen) atoms. The van der Waals surface area contributed by atoms with Crippen LogP contribution in [0.25, 0.3) is 0 Å². The summed E-state index contributed by atoms with van der Waals surface area (Å²) in [7, 11) is 0. The lowest BCUT2D eigenvalue weighted by atomic mass is 10.1. The van der Waals surface area contributed by atoms with Crippen molar-refractivity contribution in [2.75, 3.05) is 18.8 Å². The second-order valence-corrected chi connectivity index (χ2v) is 5.00. The van der Waals surface area contributed by atoms with E-state index in [4.69, 9.17) is 17.3 Å². The monoisotopic (exact) mass is 268 g/mol. The number of halogens is 1. The largest absolute Gasteiger partial charge is 0.398 e. The topological polar surface area (TPSA) is 46.3 Å². The maximum absolute atomic E-state index is 12.3. The molecule has 0 aliphatic rings. The molecule has 0 radical (unpaired) electrons. The van der Waals surface area contributed by atoms with Crippen molar-refractivity contribution in [3.63, 3.8) is 0 Å². The summed E-state index contributed by atoms with van der Waals surface area (Å²) in [4.78, 5) is 14.2. The SMILES string of the molecule is CCC(C)CN(CC)C(=O)c1ccc(Cl)c(N)c1. The van der Waals surface area contributed by atoms with Gasteiger partial charge in [-0.2, -0.15) is 0 Å². The van der Waals surface area contributed by atoms with Crippen LogP contribution in [0.5, 0.6) is 0 Å². The fraction of sp³-hybridized carbons (Fsp3) is 0.500. The van der Waals surface area contributed by atoms with Crippen molar-refractivity contribution < 1.29 is 4.79 Å². The van der Waals surface area contributed by atoms with Crippen LogP contribution in [0.2, 0.25) is 5.02 Å². The van der Waals surface area contributed by atoms with Gasteiger partial charge < -0.3 is 10.6 Å². The average Bonchev–Trinajstić information content (AvgIpc) is 2.38. The summed E-state index contributed by atoms with van der Waals surface area (Å²) in [6.45, 7) is 7.73. The molecule has 1 aromatic rings. The van der Waals surface area contributed by atoms with Gasteiger partial charge in [0, 0.05) is 18.7 Å². The minimum Gasteiger partial charge on any atom is -0.398 e. The molecular formula is C14H21ClN2O. The quantitative estimate of drug-likeness (QED) is 0.832. The fourth-order valence-electron chi connectivity index (χ4n) is 1.72. The van der Waals surface area contributed by atoms with E-state index in [1.165, 1.54) is 0 Å². The molecule has 2 N–H and O–H groups in total. The Morgan fingerprint density at radius 3 is 2.61 bits per heavy atom. The molecule has 1 amide bonds. The predicted octanol–water partition coefficient (Wildman–Crippen LogP) is 3.43. The number of amides is 1. The second kappa shape index (κ2) is 6.64. The van der Waals surface area contributed by atoms with Gasteiger partial charge in [-0.15, -0.1) is 0 Å². The molecular weight excluding hydrogens is 248 g/mol. The van der Waals surface area contributed by atoms with Crippen LogP contribution in [-0.2, 0) is 0 Å². The van der Waals surface area contributed by atoms with Crippen molar-refractivity contribution in [2.45, 2.75) is 27.2 Å². The van der Waals surface area contributed by atoms with Crippen molar-refractivity contribution in [1.82, 2.24) is 4.90 Å². The van der Waals surface area contributed by atoms with Gasteiger partial charge in [0.2, 0.25) is 0 Å². The summed E-state index contributed by atoms with van der Waals surface area (Å²) in [5.74, 6) is 0.514. The van der Waals surface area contributed by atoms with Crippen molar-refractivity contribution in [1.29, 1.82) is 0 Å². The number of anilines is 1. The highest BCUT2D eigenvalue weighted by molar-refractivity contribution is 6.33. The molecule has 1 aromatic carbocycles. The first-order valence-corrected chi connectivity index (χ1v) is 6.71. The van der Waals surface area contributed by atoms with Gasteiger partial charge in [0.1, 0.15) is 0 Å². The molecule has 0 bridgehead atoms. The second-order valence-electron chi connectivity index (χ2n) is 4.59. The number of rotatable bonds is 5. The number of carbonyl (C=O) groups excluding carboxylic acids is 1. The zero-order valence-electron chi connectivity index (χ0n) is 11.2. The maximum Gasteiger partial charge on any atom is 0.253 e. The number of nitrogens with two attached hydrogens (primary N) is 1. The summed E-state index contributed by atoms with van der Waals surface area (Å²) < 4.78 is 0. The van der Waals surface area contributed by atoms with E-state index in [0.717, 1.165) is 13.0 Å². The number of carbonyl (C=O) groups is 1. The van der Waals surface area contributed by atoms with Gasteiger partial charge in [-0.3, -0.25) is 4.79 Å². The first-order chi connectivity index (χ1) is 8.49. The van der Waals surface area contributed by atoms with E-state index < -0.39 is 0 Å². The highest BCUT2D eigenvalue weighted by Gasteiger charge is 2.16. The minimum atomic E-state index is 0.0150. The Bertz CT molecular complexity index is 420. The number of benzene rings is 1. The van der Waals surface area contributed by atoms with E-state index in [0.29, 0.717) is 28.7 Å². The van der Waals surface area contributed by atoms with Crippen molar-refractivity contribution in [3.05, 3.63) is 28.8 Å². The summed E-state index contributed by atoms with van der Waals surface area (Å²) in [6.07, 6.45) is 1.06. The van der Waals surface area contributed by atoms with Crippen LogP contribution in [0.3, 0.4) is 0 Å². The van der Waals surface area contributed by atoms with Crippen LogP contribution in [0.1, 0.15) is 37.6 Å². The molecule has 3 nitrogen and oxygen atoms in total. The Morgan fingerprint density at radius 1 is 1.44 bits per heavy atom. The first kappa shape index (κ1) is 14.8. The first-order valence-electron chi connectivity index (χ1n) is 6.33. The van der Waals surface area contributed by atoms with E-state index in [1.807, 2.05) is 11.8 Å². The van der Waals surface area contributed by atoms with E-state index in [2.05, 4.69) is 13.8 Å². The van der Waals surface area contributed by atoms with Crippen LogP contribution < -0.4 is 5.73 Å². The number of hydrogen-bond acceptors (Lipinski definition) is 2. The lowest BCUT2D eigenvalue weighted by molar-refractivity contribution is 0.0741. The smallest absolute Gasteiger partial charge is 0.253 e. The summed E-state index contributed by atoms with van der Waals surface area (Å²) in [5, 5.41) is 0.483. The van der Waals surface area contributed by atoms with E-state index in [-0.39, 0.29) is 5.91 Å². The molecule has 1 unspecified atom stereocenters. The third kappa shape index (κ3) is 3.64. The van der Waals surface area contributed by atoms with Crippen LogP contribution in [0.15, 0.2) is 18.2 Å². The Kier molecular flexibility index (Phi) is 5.48. The zero-order valence-corrected chi connectivity index (χ0v) is 12.0. The molecule has 0 saturated heterocycles. The molecule has 1 rings (SSSR count). The van der Waals surface area contributed by atoms with Crippen LogP contribution in [0, 0.1) is 5.92 Å². The molecule has 0 saturated carbocycles. The molecule has 4 heteroatoms. The van der Waals surface area contributed by atoms with E-state index in [1.54, 1.807) is 18.2 Å². The maximum atomic E-state index is 12.3. The van der Waals surface area contributed by atoms with Gasteiger partial charge in [0.25, 0.3) is 5.91 Å². The Hall–Kier alpha value is -1.22. The molecule has 0 aromatic heterocycles. The van der Waals surface area contributed by atoms with E-state index in [9.17, 15) is 4.79 Å². The minimum absolute atomic E-state index is 0.0150. The molecule has 100 valence electrons. The van der Waals surface area contributed by atoms with Crippen LogP contribution in [-0.4, -0.2) is 23.9 Å². The third-order valence-electron chi connectivity index (χ3n) is 3.14. The predicted molar refractivity (Wildman–Crippen MR) is 76.9 cm³/mol. The average molecular weight is 269 g/mol. The van der Waals surface area contributed by atoms with Crippen molar-refractivity contribution in [2.24, 2.45) is 5.92 Å². The Morgan fingerprint density at radius 2 is 2.11 bits per heavy atom. The molecule has 0 heterocycles. The van der Waals surface area contributed by atoms with Gasteiger partial charge in [-0.05, 0) is 31.0 Å². The summed E-state index contributed by atoms with van der Waals surface area (Å²) in [5.41, 5.74) is 6.77. The lowest BCUT2D eigenvalue weighted by Crippen LogP contribution is -2.34. The van der Waals surface area contributed by atoms with Crippen molar-refractivity contribution in [3.8, 4) is 0 Å². The van der Waals surface area contributed by atoms with Gasteiger partial charge in [0.05, 0.1) is 10.7 Å². The summed E-state index contributed by atoms with van der Waals surface area (Å²) >= 11 is 5.86. The zero-order chi connectivity index (χ0) is 13.7. The molecule has 1 atom stereocenters. The molecule has 0 aliphatic carbocycles. The number of nitrogen functional groups attached to an aromatic ring is 1. The number of nitrogens with zero attached hydrogens (tertiary/aromatic N) is 1.